The Morgan fingerprint density at radius 3 is 2.55 bits per heavy atom. The molecule has 0 bridgehead atoms. The second-order valence-electron chi connectivity index (χ2n) is 6.95. The van der Waals surface area contributed by atoms with E-state index in [1.165, 1.54) is 0 Å². The van der Waals surface area contributed by atoms with Crippen molar-refractivity contribution in [3.63, 3.8) is 0 Å². The molecule has 2 aromatic carbocycles. The predicted molar refractivity (Wildman–Crippen MR) is 119 cm³/mol. The monoisotopic (exact) mass is 442 g/mol. The van der Waals surface area contributed by atoms with Gasteiger partial charge < -0.3 is 5.11 Å². The summed E-state index contributed by atoms with van der Waals surface area (Å²) in [4.78, 5) is 8.84. The maximum absolute atomic E-state index is 11.1. The highest BCUT2D eigenvalue weighted by atomic mass is 35.5. The molecule has 1 unspecified atom stereocenters. The number of benzene rings is 2. The molecule has 0 aliphatic carbocycles. The number of pyridine rings is 2. The summed E-state index contributed by atoms with van der Waals surface area (Å²) in [6.45, 7) is 2.01. The van der Waals surface area contributed by atoms with Crippen LogP contribution in [0.1, 0.15) is 28.3 Å². The molecule has 4 rings (SSSR count). The molecule has 0 spiro atoms. The molecule has 0 radical (unpaired) electrons. The van der Waals surface area contributed by atoms with Crippen LogP contribution < -0.4 is 0 Å². The van der Waals surface area contributed by atoms with Crippen molar-refractivity contribution in [2.24, 2.45) is 0 Å². The van der Waals surface area contributed by atoms with Crippen LogP contribution in [0, 0.1) is 6.92 Å². The molecule has 4 aromatic rings. The van der Waals surface area contributed by atoms with E-state index in [0.29, 0.717) is 32.6 Å². The fourth-order valence-corrected chi connectivity index (χ4v) is 4.31. The van der Waals surface area contributed by atoms with Crippen molar-refractivity contribution >= 4 is 45.7 Å². The lowest BCUT2D eigenvalue weighted by Crippen LogP contribution is -2.08. The first-order valence-corrected chi connectivity index (χ1v) is 10.2. The van der Waals surface area contributed by atoms with Crippen molar-refractivity contribution in [3.05, 3.63) is 98.4 Å². The van der Waals surface area contributed by atoms with Gasteiger partial charge in [0, 0.05) is 46.4 Å². The Bertz CT molecular complexity index is 1210. The van der Waals surface area contributed by atoms with E-state index in [1.54, 1.807) is 24.5 Å². The molecule has 0 saturated carbocycles. The average molecular weight is 444 g/mol. The molecule has 3 nitrogen and oxygen atoms in total. The van der Waals surface area contributed by atoms with Gasteiger partial charge >= 0.3 is 0 Å². The molecule has 1 N–H and O–H groups in total. The topological polar surface area (TPSA) is 46.0 Å². The van der Waals surface area contributed by atoms with E-state index in [1.807, 2.05) is 43.3 Å². The van der Waals surface area contributed by atoms with E-state index < -0.39 is 0 Å². The molecule has 29 heavy (non-hydrogen) atoms. The number of fused-ring (bicyclic) bond motifs is 1. The zero-order valence-electron chi connectivity index (χ0n) is 15.5. The summed E-state index contributed by atoms with van der Waals surface area (Å²) >= 11 is 19.2. The average Bonchev–Trinajstić information content (AvgIpc) is 2.70. The molecule has 2 aromatic heterocycles. The minimum atomic E-state index is -0.306. The maximum atomic E-state index is 11.1. The van der Waals surface area contributed by atoms with Crippen LogP contribution in [0.5, 0.6) is 5.75 Å². The van der Waals surface area contributed by atoms with E-state index in [2.05, 4.69) is 9.97 Å². The van der Waals surface area contributed by atoms with Crippen molar-refractivity contribution in [1.29, 1.82) is 0 Å². The Hall–Kier alpha value is -2.33. The number of aromatic hydroxyl groups is 1. The van der Waals surface area contributed by atoms with Crippen LogP contribution in [0.25, 0.3) is 10.9 Å². The highest BCUT2D eigenvalue weighted by Gasteiger charge is 2.24. The molecular weight excluding hydrogens is 427 g/mol. The summed E-state index contributed by atoms with van der Waals surface area (Å²) in [7, 11) is 0. The van der Waals surface area contributed by atoms with Gasteiger partial charge in [-0.1, -0.05) is 53.0 Å². The third-order valence-electron chi connectivity index (χ3n) is 4.94. The van der Waals surface area contributed by atoms with Gasteiger partial charge in [0.05, 0.1) is 10.0 Å². The van der Waals surface area contributed by atoms with Gasteiger partial charge in [0.1, 0.15) is 11.3 Å². The number of aromatic nitrogens is 2. The number of phenolic OH excluding ortho intramolecular Hbond substituents is 1. The molecule has 0 amide bonds. The molecule has 0 aliphatic rings. The lowest BCUT2D eigenvalue weighted by Gasteiger charge is -2.22. The largest absolute Gasteiger partial charge is 0.505 e. The summed E-state index contributed by atoms with van der Waals surface area (Å²) in [5.41, 5.74) is 3.95. The van der Waals surface area contributed by atoms with Crippen LogP contribution >= 0.6 is 34.8 Å². The Kier molecular flexibility index (Phi) is 5.64. The highest BCUT2D eigenvalue weighted by Crippen LogP contribution is 2.42. The molecule has 0 fully saturated rings. The number of nitrogens with zero attached hydrogens (tertiary/aromatic N) is 2. The van der Waals surface area contributed by atoms with Crippen molar-refractivity contribution in [3.8, 4) is 5.75 Å². The number of phenols is 1. The first kappa shape index (κ1) is 20.0. The first-order valence-electron chi connectivity index (χ1n) is 9.06. The zero-order chi connectivity index (χ0) is 20.5. The smallest absolute Gasteiger partial charge is 0.145 e. The van der Waals surface area contributed by atoms with Crippen molar-refractivity contribution < 1.29 is 5.11 Å². The lowest BCUT2D eigenvalue weighted by atomic mass is 9.86. The van der Waals surface area contributed by atoms with Gasteiger partial charge in [-0.05, 0) is 48.4 Å². The van der Waals surface area contributed by atoms with E-state index in [9.17, 15) is 5.11 Å². The Morgan fingerprint density at radius 2 is 1.76 bits per heavy atom. The van der Waals surface area contributed by atoms with Crippen LogP contribution in [-0.4, -0.2) is 15.1 Å². The summed E-state index contributed by atoms with van der Waals surface area (Å²) in [5, 5.41) is 13.2. The summed E-state index contributed by atoms with van der Waals surface area (Å²) < 4.78 is 0. The quantitative estimate of drug-likeness (QED) is 0.346. The Balaban J connectivity index is 1.93. The first-order chi connectivity index (χ1) is 13.9. The number of rotatable bonds is 4. The van der Waals surface area contributed by atoms with E-state index in [-0.39, 0.29) is 11.7 Å². The zero-order valence-corrected chi connectivity index (χ0v) is 17.8. The summed E-state index contributed by atoms with van der Waals surface area (Å²) in [5.74, 6) is -0.188. The minimum absolute atomic E-state index is 0.118. The van der Waals surface area contributed by atoms with Gasteiger partial charge in [-0.3, -0.25) is 9.97 Å². The van der Waals surface area contributed by atoms with Crippen molar-refractivity contribution in [1.82, 2.24) is 9.97 Å². The van der Waals surface area contributed by atoms with E-state index >= 15 is 0 Å². The van der Waals surface area contributed by atoms with Gasteiger partial charge in [-0.2, -0.15) is 0 Å². The summed E-state index contributed by atoms with van der Waals surface area (Å²) in [6.07, 6.45) is 3.95. The molecule has 1 atom stereocenters. The van der Waals surface area contributed by atoms with Crippen LogP contribution in [0.3, 0.4) is 0 Å². The van der Waals surface area contributed by atoms with Crippen LogP contribution in [0.15, 0.2) is 60.9 Å². The van der Waals surface area contributed by atoms with Crippen LogP contribution in [-0.2, 0) is 6.42 Å². The molecule has 2 heterocycles. The van der Waals surface area contributed by atoms with Gasteiger partial charge in [0.2, 0.25) is 0 Å². The number of halogens is 3. The molecular formula is C23H17Cl3N2O. The predicted octanol–water partition coefficient (Wildman–Crippen LogP) is 6.98. The Labute approximate surface area is 183 Å². The lowest BCUT2D eigenvalue weighted by molar-refractivity contribution is 0.469. The fraction of sp³-hybridized carbons (Fsp3) is 0.130. The SMILES string of the molecule is Cc1ccnc(CC(c2cc(Cl)cc(Cl)c2Cl)c2ccc3cccnc3c2O)c1. The normalized spacial score (nSPS) is 12.3. The molecule has 0 saturated heterocycles. The second-order valence-corrected chi connectivity index (χ2v) is 8.17. The van der Waals surface area contributed by atoms with Gasteiger partial charge in [-0.25, -0.2) is 0 Å². The third-order valence-corrected chi connectivity index (χ3v) is 5.97. The number of hydrogen-bond acceptors (Lipinski definition) is 3. The molecule has 0 aliphatic heterocycles. The number of aryl methyl sites for hydroxylation is 1. The van der Waals surface area contributed by atoms with Gasteiger partial charge in [0.15, 0.2) is 0 Å². The number of hydrogen-bond donors (Lipinski definition) is 1. The van der Waals surface area contributed by atoms with Crippen LogP contribution in [0.4, 0.5) is 0 Å². The van der Waals surface area contributed by atoms with E-state index in [4.69, 9.17) is 34.8 Å². The standard InChI is InChI=1S/C23H17Cl3N2O/c1-13-6-8-27-16(9-13)12-18(19-10-15(24)11-20(25)21(19)26)17-5-4-14-3-2-7-28-22(14)23(17)29/h2-11,18,29H,12H2,1H3. The van der Waals surface area contributed by atoms with Gasteiger partial charge in [-0.15, -0.1) is 0 Å². The maximum Gasteiger partial charge on any atom is 0.145 e. The molecule has 6 heteroatoms. The molecule has 146 valence electrons. The van der Waals surface area contributed by atoms with Crippen molar-refractivity contribution in [2.75, 3.05) is 0 Å². The third kappa shape index (κ3) is 4.04. The minimum Gasteiger partial charge on any atom is -0.505 e. The highest BCUT2D eigenvalue weighted by molar-refractivity contribution is 6.43. The fourth-order valence-electron chi connectivity index (χ4n) is 3.56. The van der Waals surface area contributed by atoms with E-state index in [0.717, 1.165) is 22.2 Å². The Morgan fingerprint density at radius 1 is 0.931 bits per heavy atom. The summed E-state index contributed by atoms with van der Waals surface area (Å²) in [6, 6.07) is 14.9. The van der Waals surface area contributed by atoms with Crippen LogP contribution in [0.2, 0.25) is 15.1 Å². The van der Waals surface area contributed by atoms with Gasteiger partial charge in [0.25, 0.3) is 0 Å². The van der Waals surface area contributed by atoms with Crippen molar-refractivity contribution in [2.45, 2.75) is 19.3 Å². The second kappa shape index (κ2) is 8.19.